The summed E-state index contributed by atoms with van der Waals surface area (Å²) in [6.45, 7) is 13.1. The van der Waals surface area contributed by atoms with E-state index in [2.05, 4.69) is 81.7 Å². The lowest BCUT2D eigenvalue weighted by molar-refractivity contribution is -0.141. The number of terminal acetylenes is 1. The maximum absolute atomic E-state index is 11.0. The fourth-order valence-electron chi connectivity index (χ4n) is 2.36. The molecule has 0 amide bonds. The number of hydrogen-bond acceptors (Lipinski definition) is 4. The molecule has 0 bridgehead atoms. The van der Waals surface area contributed by atoms with Crippen LogP contribution in [0.1, 0.15) is 29.5 Å². The largest absolute Gasteiger partial charge is 0.469 e. The van der Waals surface area contributed by atoms with Crippen LogP contribution in [0.2, 0.25) is 39.3 Å². The van der Waals surface area contributed by atoms with Crippen LogP contribution >= 0.6 is 15.9 Å². The van der Waals surface area contributed by atoms with Crippen molar-refractivity contribution in [3.8, 4) is 23.4 Å². The third-order valence-corrected chi connectivity index (χ3v) is 6.84. The summed E-state index contributed by atoms with van der Waals surface area (Å²) < 4.78 is 10.2. The highest BCUT2D eigenvalue weighted by molar-refractivity contribution is 9.10. The quantitative estimate of drug-likeness (QED) is 0.202. The average molecular weight is 602 g/mol. The highest BCUT2D eigenvalue weighted by Crippen LogP contribution is 2.12. The van der Waals surface area contributed by atoms with Gasteiger partial charge < -0.3 is 9.47 Å². The Morgan fingerprint density at radius 3 is 1.46 bits per heavy atom. The van der Waals surface area contributed by atoms with Crippen molar-refractivity contribution >= 4 is 44.0 Å². The number of rotatable bonds is 6. The van der Waals surface area contributed by atoms with Crippen LogP contribution in [-0.4, -0.2) is 42.3 Å². The van der Waals surface area contributed by atoms with Crippen LogP contribution in [0.15, 0.2) is 53.0 Å². The summed E-state index contributed by atoms with van der Waals surface area (Å²) in [5, 5.41) is 0. The van der Waals surface area contributed by atoms with Crippen LogP contribution in [0.4, 0.5) is 0 Å². The number of carbonyl (C=O) groups is 2. The predicted molar refractivity (Wildman–Crippen MR) is 164 cm³/mol. The van der Waals surface area contributed by atoms with Crippen molar-refractivity contribution in [3.63, 3.8) is 0 Å². The van der Waals surface area contributed by atoms with E-state index in [1.165, 1.54) is 14.2 Å². The summed E-state index contributed by atoms with van der Waals surface area (Å²) in [7, 11) is 0.406. The van der Waals surface area contributed by atoms with Crippen LogP contribution in [0.5, 0.6) is 0 Å². The zero-order chi connectivity index (χ0) is 28.5. The number of aryl methyl sites for hydroxylation is 2. The van der Waals surface area contributed by atoms with E-state index in [-0.39, 0.29) is 11.9 Å². The SMILES string of the molecule is C#C[Si](C)(C)C.COC(=O)CCc1ccc(Br)cc1.COC(=O)CCc1ccc(C#C[Si](C)(C)C)cc1. The van der Waals surface area contributed by atoms with Crippen LogP contribution in [0.25, 0.3) is 0 Å². The minimum absolute atomic E-state index is 0.164. The predicted octanol–water partition coefficient (Wildman–Crippen LogP) is 7.07. The highest BCUT2D eigenvalue weighted by atomic mass is 79.9. The Balaban J connectivity index is 0.000000594. The summed E-state index contributed by atoms with van der Waals surface area (Å²) in [4.78, 5) is 21.8. The van der Waals surface area contributed by atoms with E-state index in [9.17, 15) is 9.59 Å². The van der Waals surface area contributed by atoms with E-state index < -0.39 is 16.1 Å². The minimum Gasteiger partial charge on any atom is -0.469 e. The van der Waals surface area contributed by atoms with Gasteiger partial charge in [-0.05, 0) is 48.2 Å². The molecule has 0 radical (unpaired) electrons. The van der Waals surface area contributed by atoms with Crippen molar-refractivity contribution in [2.24, 2.45) is 0 Å². The first-order chi connectivity index (χ1) is 17.2. The van der Waals surface area contributed by atoms with Gasteiger partial charge in [0.1, 0.15) is 16.1 Å². The number of esters is 2. The summed E-state index contributed by atoms with van der Waals surface area (Å²) in [6.07, 6.45) is 7.44. The monoisotopic (exact) mass is 600 g/mol. The summed E-state index contributed by atoms with van der Waals surface area (Å²) in [5.74, 6) is 2.88. The Labute approximate surface area is 234 Å². The molecule has 7 heteroatoms. The second-order valence-electron chi connectivity index (χ2n) is 10.4. The third kappa shape index (κ3) is 20.2. The molecule has 0 aromatic heterocycles. The van der Waals surface area contributed by atoms with Crippen molar-refractivity contribution in [1.82, 2.24) is 0 Å². The summed E-state index contributed by atoms with van der Waals surface area (Å²) in [6, 6.07) is 16.0. The molecule has 0 heterocycles. The normalized spacial score (nSPS) is 10.2. The lowest BCUT2D eigenvalue weighted by atomic mass is 10.1. The van der Waals surface area contributed by atoms with Gasteiger partial charge in [0.25, 0.3) is 0 Å². The first-order valence-electron chi connectivity index (χ1n) is 12.2. The van der Waals surface area contributed by atoms with E-state index in [1.807, 2.05) is 48.5 Å². The Morgan fingerprint density at radius 2 is 1.14 bits per heavy atom. The van der Waals surface area contributed by atoms with Crippen LogP contribution in [0.3, 0.4) is 0 Å². The molecule has 0 N–H and O–H groups in total. The zero-order valence-corrected chi connectivity index (χ0v) is 27.1. The lowest BCUT2D eigenvalue weighted by Gasteiger charge is -2.04. The Kier molecular flexibility index (Phi) is 16.6. The molecule has 0 spiro atoms. The second kappa shape index (κ2) is 17.8. The van der Waals surface area contributed by atoms with Gasteiger partial charge in [-0.1, -0.05) is 85.4 Å². The molecule has 2 aromatic rings. The van der Waals surface area contributed by atoms with Gasteiger partial charge in [0.15, 0.2) is 0 Å². The van der Waals surface area contributed by atoms with Crippen molar-refractivity contribution in [2.75, 3.05) is 14.2 Å². The van der Waals surface area contributed by atoms with E-state index in [0.717, 1.165) is 27.6 Å². The molecule has 2 aromatic carbocycles. The molecule has 0 unspecified atom stereocenters. The molecule has 4 nitrogen and oxygen atoms in total. The minimum atomic E-state index is -1.31. The molecule has 0 aliphatic heterocycles. The number of carbonyl (C=O) groups excluding carboxylic acids is 2. The van der Waals surface area contributed by atoms with E-state index in [1.54, 1.807) is 0 Å². The zero-order valence-electron chi connectivity index (χ0n) is 23.5. The van der Waals surface area contributed by atoms with Gasteiger partial charge in [0.05, 0.1) is 14.2 Å². The number of methoxy groups -OCH3 is 2. The number of benzene rings is 2. The highest BCUT2D eigenvalue weighted by Gasteiger charge is 2.07. The van der Waals surface area contributed by atoms with Crippen molar-refractivity contribution in [2.45, 2.75) is 65.0 Å². The van der Waals surface area contributed by atoms with Gasteiger partial charge in [0.2, 0.25) is 0 Å². The molecule has 2 rings (SSSR count). The smallest absolute Gasteiger partial charge is 0.305 e. The number of hydrogen-bond donors (Lipinski definition) is 0. The third-order valence-electron chi connectivity index (χ3n) is 4.57. The molecule has 0 saturated carbocycles. The number of ether oxygens (including phenoxy) is 2. The Morgan fingerprint density at radius 1 is 0.757 bits per heavy atom. The molecule has 0 aliphatic rings. The second-order valence-corrected chi connectivity index (χ2v) is 20.8. The van der Waals surface area contributed by atoms with E-state index in [4.69, 9.17) is 6.42 Å². The van der Waals surface area contributed by atoms with Crippen molar-refractivity contribution < 1.29 is 19.1 Å². The fraction of sp³-hybridized carbons (Fsp3) is 0.400. The molecular formula is C30H41BrO4Si2. The van der Waals surface area contributed by atoms with Gasteiger partial charge in [-0.15, -0.1) is 17.5 Å². The van der Waals surface area contributed by atoms with Crippen LogP contribution in [0, 0.1) is 23.4 Å². The molecule has 0 saturated heterocycles. The van der Waals surface area contributed by atoms with Crippen LogP contribution < -0.4 is 0 Å². The average Bonchev–Trinajstić information content (AvgIpc) is 2.86. The molecule has 0 atom stereocenters. The standard InChI is InChI=1S/C15H20O2Si.C10H11BrO2.C5H10Si/c1-17-15(16)10-9-13-5-7-14(8-6-13)11-12-18(2,3)4;1-13-10(12)7-4-8-2-5-9(11)6-3-8;1-5-6(2,3)4/h5-8H,9-10H2,1-4H3;2-3,5-6H,4,7H2,1H3;1H,2-4H3. The van der Waals surface area contributed by atoms with E-state index in [0.29, 0.717) is 19.3 Å². The maximum Gasteiger partial charge on any atom is 0.305 e. The summed E-state index contributed by atoms with van der Waals surface area (Å²) >= 11 is 3.35. The maximum atomic E-state index is 11.0. The molecule has 0 aliphatic carbocycles. The van der Waals surface area contributed by atoms with Crippen LogP contribution in [-0.2, 0) is 31.9 Å². The van der Waals surface area contributed by atoms with Gasteiger partial charge >= 0.3 is 11.9 Å². The van der Waals surface area contributed by atoms with Gasteiger partial charge in [-0.25, -0.2) is 0 Å². The first kappa shape index (κ1) is 34.4. The number of halogens is 1. The summed E-state index contributed by atoms with van der Waals surface area (Å²) in [5.41, 5.74) is 9.40. The van der Waals surface area contributed by atoms with Gasteiger partial charge in [-0.3, -0.25) is 9.59 Å². The Hall–Kier alpha value is -2.59. The molecule has 0 fully saturated rings. The molecular weight excluding hydrogens is 560 g/mol. The first-order valence-corrected chi connectivity index (χ1v) is 20.0. The van der Waals surface area contributed by atoms with Gasteiger partial charge in [0, 0.05) is 22.9 Å². The Bertz CT molecular complexity index is 1060. The molecule has 200 valence electrons. The fourth-order valence-corrected chi connectivity index (χ4v) is 3.15. The molecule has 37 heavy (non-hydrogen) atoms. The van der Waals surface area contributed by atoms with Crippen molar-refractivity contribution in [1.29, 1.82) is 0 Å². The van der Waals surface area contributed by atoms with Gasteiger partial charge in [-0.2, -0.15) is 0 Å². The van der Waals surface area contributed by atoms with Crippen molar-refractivity contribution in [3.05, 3.63) is 69.7 Å². The topological polar surface area (TPSA) is 52.6 Å². The lowest BCUT2D eigenvalue weighted by Crippen LogP contribution is -2.16. The van der Waals surface area contributed by atoms with E-state index >= 15 is 0 Å².